The molecule has 1 aliphatic rings. The number of nitrogens with one attached hydrogen (secondary N) is 1. The van der Waals surface area contributed by atoms with Gasteiger partial charge in [0.15, 0.2) is 0 Å². The Hall–Kier alpha value is -1.10. The van der Waals surface area contributed by atoms with Gasteiger partial charge in [0, 0.05) is 13.0 Å². The second kappa shape index (κ2) is 7.48. The van der Waals surface area contributed by atoms with E-state index < -0.39 is 11.4 Å². The molecule has 19 heavy (non-hydrogen) atoms. The SMILES string of the molecule is CC(C)OCCNC(=O)CC1(C(=O)O)CCCCC1. The van der Waals surface area contributed by atoms with Crippen LogP contribution in [0.5, 0.6) is 0 Å². The average molecular weight is 271 g/mol. The second-order valence-electron chi connectivity index (χ2n) is 5.59. The highest BCUT2D eigenvalue weighted by Crippen LogP contribution is 2.39. The molecule has 0 bridgehead atoms. The van der Waals surface area contributed by atoms with Crippen LogP contribution in [0.4, 0.5) is 0 Å². The lowest BCUT2D eigenvalue weighted by Gasteiger charge is -2.32. The maximum absolute atomic E-state index is 11.8. The predicted molar refractivity (Wildman–Crippen MR) is 71.9 cm³/mol. The Balaban J connectivity index is 2.37. The van der Waals surface area contributed by atoms with Crippen molar-refractivity contribution in [3.05, 3.63) is 0 Å². The number of aliphatic carboxylic acids is 1. The highest BCUT2D eigenvalue weighted by atomic mass is 16.5. The summed E-state index contributed by atoms with van der Waals surface area (Å²) in [6.07, 6.45) is 4.31. The standard InChI is InChI=1S/C14H25NO4/c1-11(2)19-9-8-15-12(16)10-14(13(17)18)6-4-3-5-7-14/h11H,3-10H2,1-2H3,(H,15,16)(H,17,18). The normalized spacial score (nSPS) is 18.3. The number of carboxylic acid groups (broad SMARTS) is 1. The highest BCUT2D eigenvalue weighted by Gasteiger charge is 2.41. The minimum atomic E-state index is -0.846. The monoisotopic (exact) mass is 271 g/mol. The van der Waals surface area contributed by atoms with E-state index in [1.165, 1.54) is 0 Å². The summed E-state index contributed by atoms with van der Waals surface area (Å²) in [7, 11) is 0. The summed E-state index contributed by atoms with van der Waals surface area (Å²) in [5, 5.41) is 12.1. The van der Waals surface area contributed by atoms with E-state index in [0.717, 1.165) is 19.3 Å². The van der Waals surface area contributed by atoms with Crippen LogP contribution < -0.4 is 5.32 Å². The molecule has 0 saturated heterocycles. The van der Waals surface area contributed by atoms with E-state index in [-0.39, 0.29) is 18.4 Å². The van der Waals surface area contributed by atoms with Gasteiger partial charge in [0.1, 0.15) is 0 Å². The molecule has 0 atom stereocenters. The van der Waals surface area contributed by atoms with Crippen LogP contribution in [0.1, 0.15) is 52.4 Å². The molecule has 1 aliphatic carbocycles. The largest absolute Gasteiger partial charge is 0.481 e. The van der Waals surface area contributed by atoms with Crippen molar-refractivity contribution in [2.45, 2.75) is 58.5 Å². The van der Waals surface area contributed by atoms with E-state index in [1.807, 2.05) is 13.8 Å². The van der Waals surface area contributed by atoms with Crippen LogP contribution >= 0.6 is 0 Å². The number of carboxylic acids is 1. The third-order valence-electron chi connectivity index (χ3n) is 3.64. The van der Waals surface area contributed by atoms with Gasteiger partial charge in [0.25, 0.3) is 0 Å². The van der Waals surface area contributed by atoms with E-state index in [4.69, 9.17) is 4.74 Å². The first kappa shape index (κ1) is 16.0. The Kier molecular flexibility index (Phi) is 6.28. The van der Waals surface area contributed by atoms with Gasteiger partial charge >= 0.3 is 5.97 Å². The summed E-state index contributed by atoms with van der Waals surface area (Å²) < 4.78 is 5.32. The molecule has 5 heteroatoms. The lowest BCUT2D eigenvalue weighted by molar-refractivity contribution is -0.154. The number of carbonyl (C=O) groups excluding carboxylic acids is 1. The summed E-state index contributed by atoms with van der Waals surface area (Å²) in [5.41, 5.74) is -0.846. The van der Waals surface area contributed by atoms with E-state index in [9.17, 15) is 14.7 Å². The number of hydrogen-bond donors (Lipinski definition) is 2. The van der Waals surface area contributed by atoms with Crippen molar-refractivity contribution in [3.63, 3.8) is 0 Å². The molecule has 1 rings (SSSR count). The number of rotatable bonds is 7. The van der Waals surface area contributed by atoms with Gasteiger partial charge in [-0.05, 0) is 26.7 Å². The minimum Gasteiger partial charge on any atom is -0.481 e. The fraction of sp³-hybridized carbons (Fsp3) is 0.857. The van der Waals surface area contributed by atoms with E-state index in [2.05, 4.69) is 5.32 Å². The Bertz CT molecular complexity index is 309. The molecule has 0 aliphatic heterocycles. The van der Waals surface area contributed by atoms with Crippen molar-refractivity contribution in [3.8, 4) is 0 Å². The Morgan fingerprint density at radius 2 is 1.89 bits per heavy atom. The summed E-state index contributed by atoms with van der Waals surface area (Å²) in [6.45, 7) is 4.77. The summed E-state index contributed by atoms with van der Waals surface area (Å²) >= 11 is 0. The van der Waals surface area contributed by atoms with Gasteiger partial charge < -0.3 is 15.2 Å². The third-order valence-corrected chi connectivity index (χ3v) is 3.64. The number of ether oxygens (including phenoxy) is 1. The van der Waals surface area contributed by atoms with Crippen LogP contribution in [0.3, 0.4) is 0 Å². The van der Waals surface area contributed by atoms with E-state index >= 15 is 0 Å². The molecule has 1 fully saturated rings. The summed E-state index contributed by atoms with van der Waals surface area (Å²) in [4.78, 5) is 23.3. The minimum absolute atomic E-state index is 0.0873. The average Bonchev–Trinajstić information content (AvgIpc) is 2.35. The van der Waals surface area contributed by atoms with E-state index in [1.54, 1.807) is 0 Å². The van der Waals surface area contributed by atoms with Crippen LogP contribution in [0, 0.1) is 5.41 Å². The third kappa shape index (κ3) is 5.19. The molecule has 0 radical (unpaired) electrons. The van der Waals surface area contributed by atoms with Crippen molar-refractivity contribution in [1.29, 1.82) is 0 Å². The second-order valence-corrected chi connectivity index (χ2v) is 5.59. The number of amides is 1. The number of carbonyl (C=O) groups is 2. The molecule has 110 valence electrons. The zero-order valence-electron chi connectivity index (χ0n) is 11.9. The molecule has 1 saturated carbocycles. The van der Waals surface area contributed by atoms with Crippen molar-refractivity contribution < 1.29 is 19.4 Å². The van der Waals surface area contributed by atoms with Gasteiger partial charge in [-0.3, -0.25) is 9.59 Å². The number of hydrogen-bond acceptors (Lipinski definition) is 3. The smallest absolute Gasteiger partial charge is 0.310 e. The quantitative estimate of drug-likeness (QED) is 0.694. The predicted octanol–water partition coefficient (Wildman–Crippen LogP) is 1.95. The Labute approximate surface area is 114 Å². The zero-order chi connectivity index (χ0) is 14.3. The van der Waals surface area contributed by atoms with Crippen molar-refractivity contribution in [2.24, 2.45) is 5.41 Å². The highest BCUT2D eigenvalue weighted by molar-refractivity contribution is 5.85. The molecule has 0 heterocycles. The lowest BCUT2D eigenvalue weighted by atomic mass is 9.71. The topological polar surface area (TPSA) is 75.6 Å². The zero-order valence-corrected chi connectivity index (χ0v) is 11.9. The maximum Gasteiger partial charge on any atom is 0.310 e. The molecule has 5 nitrogen and oxygen atoms in total. The molecule has 0 aromatic rings. The Morgan fingerprint density at radius 1 is 1.26 bits per heavy atom. The Morgan fingerprint density at radius 3 is 2.42 bits per heavy atom. The van der Waals surface area contributed by atoms with Gasteiger partial charge in [0.2, 0.25) is 5.91 Å². The first-order chi connectivity index (χ1) is 8.96. The molecule has 0 aromatic carbocycles. The maximum atomic E-state index is 11.8. The van der Waals surface area contributed by atoms with Crippen LogP contribution in [0.2, 0.25) is 0 Å². The first-order valence-corrected chi connectivity index (χ1v) is 7.08. The molecule has 0 aromatic heterocycles. The van der Waals surface area contributed by atoms with Crippen LogP contribution in [0.25, 0.3) is 0 Å². The lowest BCUT2D eigenvalue weighted by Crippen LogP contribution is -2.40. The van der Waals surface area contributed by atoms with Gasteiger partial charge in [0.05, 0.1) is 18.1 Å². The van der Waals surface area contributed by atoms with E-state index in [0.29, 0.717) is 26.0 Å². The summed E-state index contributed by atoms with van der Waals surface area (Å²) in [5.74, 6) is -1.02. The first-order valence-electron chi connectivity index (χ1n) is 7.08. The molecule has 1 amide bonds. The van der Waals surface area contributed by atoms with Gasteiger partial charge in [-0.15, -0.1) is 0 Å². The molecular weight excluding hydrogens is 246 g/mol. The van der Waals surface area contributed by atoms with Gasteiger partial charge in [-0.2, -0.15) is 0 Å². The molecule has 2 N–H and O–H groups in total. The summed E-state index contributed by atoms with van der Waals surface area (Å²) in [6, 6.07) is 0. The van der Waals surface area contributed by atoms with Crippen molar-refractivity contribution >= 4 is 11.9 Å². The van der Waals surface area contributed by atoms with Crippen LogP contribution in [-0.4, -0.2) is 36.2 Å². The van der Waals surface area contributed by atoms with Crippen LogP contribution in [-0.2, 0) is 14.3 Å². The fourth-order valence-electron chi connectivity index (χ4n) is 2.55. The van der Waals surface area contributed by atoms with Gasteiger partial charge in [-0.1, -0.05) is 19.3 Å². The van der Waals surface area contributed by atoms with Crippen molar-refractivity contribution in [1.82, 2.24) is 5.32 Å². The molecule has 0 unspecified atom stereocenters. The van der Waals surface area contributed by atoms with Gasteiger partial charge in [-0.25, -0.2) is 0 Å². The fourth-order valence-corrected chi connectivity index (χ4v) is 2.55. The van der Waals surface area contributed by atoms with Crippen molar-refractivity contribution in [2.75, 3.05) is 13.2 Å². The van der Waals surface area contributed by atoms with Crippen LogP contribution in [0.15, 0.2) is 0 Å². The molecule has 0 spiro atoms. The molecular formula is C14H25NO4.